The number of fused-ring (bicyclic) bond motifs is 1. The lowest BCUT2D eigenvalue weighted by Crippen LogP contribution is -2.19. The number of hydrogen-bond acceptors (Lipinski definition) is 5. The Bertz CT molecular complexity index is 1430. The van der Waals surface area contributed by atoms with E-state index in [0.29, 0.717) is 30.5 Å². The maximum atomic E-state index is 8.92. The monoisotopic (exact) mass is 409 g/mol. The Kier molecular flexibility index (Phi) is 3.82. The number of hydrogen-bond donors (Lipinski definition) is 1. The van der Waals surface area contributed by atoms with Crippen LogP contribution in [-0.2, 0) is 6.42 Å². The van der Waals surface area contributed by atoms with Gasteiger partial charge >= 0.3 is 0 Å². The highest BCUT2D eigenvalue weighted by Crippen LogP contribution is 2.38. The van der Waals surface area contributed by atoms with Gasteiger partial charge < -0.3 is 14.6 Å². The number of nitrogens with zero attached hydrogens (tertiary/aromatic N) is 3. The summed E-state index contributed by atoms with van der Waals surface area (Å²) in [7, 11) is 0. The fraction of sp³-hybridized carbons (Fsp3) is 0.375. The summed E-state index contributed by atoms with van der Waals surface area (Å²) in [5, 5.41) is 7.09. The molecule has 0 saturated carbocycles. The number of aromatic nitrogens is 2. The SMILES string of the molecule is [2H]c1c([2H])c(-c2noc(-c3c([2H])c([2H])c(OC(C)C)c([N+]#[C-])c3[2H])n2)c2c(c1[2H])[C@@]([2H])(NCCC)CC2. The molecule has 0 unspecified atom stereocenters. The molecule has 154 valence electrons. The molecule has 6 nitrogen and oxygen atoms in total. The summed E-state index contributed by atoms with van der Waals surface area (Å²) in [6.45, 7) is 13.4. The van der Waals surface area contributed by atoms with Crippen molar-refractivity contribution in [2.24, 2.45) is 0 Å². The van der Waals surface area contributed by atoms with Crippen molar-refractivity contribution in [1.82, 2.24) is 15.5 Å². The molecule has 3 aromatic rings. The quantitative estimate of drug-likeness (QED) is 0.505. The summed E-state index contributed by atoms with van der Waals surface area (Å²) in [6, 6.07) is -3.32. The van der Waals surface area contributed by atoms with Crippen LogP contribution in [0.25, 0.3) is 27.7 Å². The first-order valence-electron chi connectivity index (χ1n) is 13.4. The van der Waals surface area contributed by atoms with Crippen LogP contribution >= 0.6 is 0 Å². The van der Waals surface area contributed by atoms with E-state index in [4.69, 9.17) is 25.4 Å². The van der Waals surface area contributed by atoms with Gasteiger partial charge in [0.15, 0.2) is 0 Å². The van der Waals surface area contributed by atoms with Crippen LogP contribution in [0.3, 0.4) is 0 Å². The van der Waals surface area contributed by atoms with Gasteiger partial charge in [0.05, 0.1) is 20.9 Å². The summed E-state index contributed by atoms with van der Waals surface area (Å²) in [4.78, 5) is 7.65. The zero-order chi connectivity index (χ0) is 27.2. The lowest BCUT2D eigenvalue weighted by molar-refractivity contribution is 0.244. The van der Waals surface area contributed by atoms with E-state index in [9.17, 15) is 0 Å². The first-order chi connectivity index (χ1) is 17.5. The van der Waals surface area contributed by atoms with E-state index in [2.05, 4.69) is 20.3 Å². The molecule has 0 fully saturated rings. The molecule has 1 aliphatic rings. The minimum absolute atomic E-state index is 0.0818. The smallest absolute Gasteiger partial charge is 0.256 e. The van der Waals surface area contributed by atoms with Crippen molar-refractivity contribution < 1.29 is 18.9 Å². The molecule has 1 aliphatic carbocycles. The average Bonchev–Trinajstić information content (AvgIpc) is 3.45. The summed E-state index contributed by atoms with van der Waals surface area (Å²) in [5.74, 6) is -0.527. The summed E-state index contributed by atoms with van der Waals surface area (Å²) < 4.78 is 70.5. The highest BCUT2D eigenvalue weighted by Gasteiger charge is 2.26. The average molecular weight is 410 g/mol. The molecule has 1 heterocycles. The van der Waals surface area contributed by atoms with Gasteiger partial charge in [-0.05, 0) is 68.9 Å². The maximum absolute atomic E-state index is 8.92. The van der Waals surface area contributed by atoms with E-state index in [1.165, 1.54) is 0 Å². The van der Waals surface area contributed by atoms with Crippen molar-refractivity contribution >= 4 is 5.69 Å². The van der Waals surface area contributed by atoms with Gasteiger partial charge in [0.2, 0.25) is 11.5 Å². The number of benzene rings is 2. The van der Waals surface area contributed by atoms with Crippen molar-refractivity contribution in [3.05, 3.63) is 58.8 Å². The standard InChI is InChI=1S/C24H26N4O2/c1-5-13-26-20-11-10-17-18(20)7-6-8-19(17)23-27-24(30-28-23)16-9-12-22(29-15(2)3)21(14-16)25-4/h6-9,12,14-15,20,26H,5,10-11,13H2,1-3H3/t20-/m0/s1/i6D,7D,8D,9D,12D,14D,20D. The predicted molar refractivity (Wildman–Crippen MR) is 117 cm³/mol. The molecule has 2 aromatic carbocycles. The fourth-order valence-electron chi connectivity index (χ4n) is 3.28. The molecular weight excluding hydrogens is 376 g/mol. The molecule has 0 saturated heterocycles. The third kappa shape index (κ3) is 3.94. The van der Waals surface area contributed by atoms with Crippen molar-refractivity contribution in [2.45, 2.75) is 52.2 Å². The van der Waals surface area contributed by atoms with Gasteiger partial charge in [-0.3, -0.25) is 0 Å². The summed E-state index contributed by atoms with van der Waals surface area (Å²) in [5.41, 5.74) is 0.520. The Hall–Kier alpha value is -3.17. The maximum Gasteiger partial charge on any atom is 0.256 e. The van der Waals surface area contributed by atoms with Crippen molar-refractivity contribution in [2.75, 3.05) is 6.54 Å². The van der Waals surface area contributed by atoms with Crippen LogP contribution < -0.4 is 10.1 Å². The zero-order valence-electron chi connectivity index (χ0n) is 24.1. The van der Waals surface area contributed by atoms with Crippen LogP contribution in [0.4, 0.5) is 5.69 Å². The largest absolute Gasteiger partial charge is 0.502 e. The first kappa shape index (κ1) is 13.2. The van der Waals surface area contributed by atoms with Crippen molar-refractivity contribution in [3.8, 4) is 28.6 Å². The molecule has 0 bridgehead atoms. The van der Waals surface area contributed by atoms with Gasteiger partial charge in [0.25, 0.3) is 5.89 Å². The molecule has 1 aromatic heterocycles. The van der Waals surface area contributed by atoms with E-state index in [0.717, 1.165) is 6.42 Å². The Morgan fingerprint density at radius 1 is 1.40 bits per heavy atom. The molecule has 0 aliphatic heterocycles. The van der Waals surface area contributed by atoms with Crippen LogP contribution in [0.15, 0.2) is 40.8 Å². The molecule has 4 rings (SSSR count). The second kappa shape index (κ2) is 8.68. The zero-order valence-corrected chi connectivity index (χ0v) is 17.1. The lowest BCUT2D eigenvalue weighted by atomic mass is 10.0. The Morgan fingerprint density at radius 3 is 3.03 bits per heavy atom. The minimum Gasteiger partial charge on any atom is -0.502 e. The highest BCUT2D eigenvalue weighted by molar-refractivity contribution is 5.70. The van der Waals surface area contributed by atoms with E-state index in [-0.39, 0.29) is 64.6 Å². The van der Waals surface area contributed by atoms with Gasteiger partial charge in [0.1, 0.15) is 5.75 Å². The van der Waals surface area contributed by atoms with Gasteiger partial charge in [-0.2, -0.15) is 4.98 Å². The van der Waals surface area contributed by atoms with E-state index in [1.54, 1.807) is 13.8 Å². The lowest BCUT2D eigenvalue weighted by Gasteiger charge is -2.13. The number of rotatable bonds is 7. The van der Waals surface area contributed by atoms with Crippen LogP contribution in [0.5, 0.6) is 5.75 Å². The van der Waals surface area contributed by atoms with E-state index < -0.39 is 18.1 Å². The normalized spacial score (nSPS) is 21.0. The van der Waals surface area contributed by atoms with E-state index >= 15 is 0 Å². The van der Waals surface area contributed by atoms with Crippen LogP contribution in [0.1, 0.15) is 60.4 Å². The molecule has 0 amide bonds. The first-order valence-corrected chi connectivity index (χ1v) is 9.87. The molecule has 0 radical (unpaired) electrons. The fourth-order valence-corrected chi connectivity index (χ4v) is 3.28. The Labute approximate surface area is 186 Å². The van der Waals surface area contributed by atoms with E-state index in [1.807, 2.05) is 6.92 Å². The van der Waals surface area contributed by atoms with Crippen LogP contribution in [0, 0.1) is 6.57 Å². The van der Waals surface area contributed by atoms with Gasteiger partial charge in [0, 0.05) is 18.5 Å². The van der Waals surface area contributed by atoms with Crippen molar-refractivity contribution in [1.29, 1.82) is 0 Å². The number of ether oxygens (including phenoxy) is 1. The Balaban J connectivity index is 1.89. The molecule has 30 heavy (non-hydrogen) atoms. The third-order valence-corrected chi connectivity index (χ3v) is 4.58. The van der Waals surface area contributed by atoms with Gasteiger partial charge in [-0.1, -0.05) is 30.2 Å². The summed E-state index contributed by atoms with van der Waals surface area (Å²) in [6.07, 6.45) is 1.11. The molecular formula is C24H26N4O2. The molecule has 1 atom stereocenters. The van der Waals surface area contributed by atoms with Gasteiger partial charge in [-0.25, -0.2) is 4.85 Å². The minimum atomic E-state index is -1.28. The third-order valence-electron chi connectivity index (χ3n) is 4.58. The number of nitrogens with one attached hydrogen (secondary N) is 1. The summed E-state index contributed by atoms with van der Waals surface area (Å²) >= 11 is 0. The molecule has 0 spiro atoms. The molecule has 1 N–H and O–H groups in total. The Morgan fingerprint density at radius 2 is 2.27 bits per heavy atom. The van der Waals surface area contributed by atoms with Gasteiger partial charge in [-0.15, -0.1) is 0 Å². The second-order valence-electron chi connectivity index (χ2n) is 7.14. The van der Waals surface area contributed by atoms with Crippen molar-refractivity contribution in [3.63, 3.8) is 0 Å². The predicted octanol–water partition coefficient (Wildman–Crippen LogP) is 5.73. The van der Waals surface area contributed by atoms with Crippen LogP contribution in [-0.4, -0.2) is 22.8 Å². The molecule has 6 heteroatoms. The van der Waals surface area contributed by atoms with Crippen LogP contribution in [0.2, 0.25) is 0 Å². The second-order valence-corrected chi connectivity index (χ2v) is 7.14. The topological polar surface area (TPSA) is 64.5 Å². The highest BCUT2D eigenvalue weighted by atomic mass is 16.5.